The Kier molecular flexibility index (Phi) is 4.56. The Morgan fingerprint density at radius 1 is 1.36 bits per heavy atom. The smallest absolute Gasteiger partial charge is 0.198 e. The highest BCUT2D eigenvalue weighted by molar-refractivity contribution is 7.87. The summed E-state index contributed by atoms with van der Waals surface area (Å²) in [7, 11) is -4.09. The van der Waals surface area contributed by atoms with Crippen LogP contribution >= 0.6 is 0 Å². The van der Waals surface area contributed by atoms with Crippen LogP contribution < -0.4 is 9.44 Å². The van der Waals surface area contributed by atoms with Crippen LogP contribution in [-0.4, -0.2) is 27.7 Å². The topological polar surface area (TPSA) is 58.2 Å². The fraction of sp³-hybridized carbons (Fsp3) is 0.667. The van der Waals surface area contributed by atoms with Crippen LogP contribution in [0.15, 0.2) is 12.2 Å². The molecule has 14 heavy (non-hydrogen) atoms. The van der Waals surface area contributed by atoms with Crippen molar-refractivity contribution in [1.29, 1.82) is 0 Å². The summed E-state index contributed by atoms with van der Waals surface area (Å²) in [6.07, 6.45) is -4.56. The first-order valence-electron chi connectivity index (χ1n) is 3.58. The van der Waals surface area contributed by atoms with Crippen molar-refractivity contribution < 1.29 is 21.6 Å². The van der Waals surface area contributed by atoms with E-state index in [0.29, 0.717) is 5.57 Å². The summed E-state index contributed by atoms with van der Waals surface area (Å²) >= 11 is 0. The lowest BCUT2D eigenvalue weighted by atomic mass is 10.4. The molecule has 0 bridgehead atoms. The van der Waals surface area contributed by atoms with Gasteiger partial charge in [-0.25, -0.2) is 0 Å². The average Bonchev–Trinajstić information content (AvgIpc) is 1.97. The number of alkyl halides is 3. The van der Waals surface area contributed by atoms with E-state index < -0.39 is 22.9 Å². The normalized spacial score (nSPS) is 12.9. The minimum atomic E-state index is -4.56. The zero-order chi connectivity index (χ0) is 11.4. The second-order valence-corrected chi connectivity index (χ2v) is 4.30. The molecule has 0 unspecified atom stereocenters. The Morgan fingerprint density at radius 3 is 2.21 bits per heavy atom. The largest absolute Gasteiger partial charge is 0.402 e. The minimum absolute atomic E-state index is 0.0901. The molecule has 0 aromatic carbocycles. The zero-order valence-electron chi connectivity index (χ0n) is 7.48. The molecule has 0 atom stereocenters. The molecular weight excluding hydrogens is 221 g/mol. The molecular formula is C6H11F3N2O2S. The standard InChI is InChI=1S/C6H11F3N2O2S/c1-5(2)3-10-14(12,13)11-4-6(7,8)9/h10-11H,1,3-4H2,2H3. The molecule has 0 aliphatic carbocycles. The van der Waals surface area contributed by atoms with Crippen LogP contribution in [-0.2, 0) is 10.2 Å². The Hall–Kier alpha value is -0.600. The van der Waals surface area contributed by atoms with E-state index in [-0.39, 0.29) is 6.54 Å². The Bertz CT molecular complexity index is 297. The van der Waals surface area contributed by atoms with Crippen LogP contribution in [0.3, 0.4) is 0 Å². The van der Waals surface area contributed by atoms with Gasteiger partial charge in [0.15, 0.2) is 0 Å². The molecule has 0 rings (SSSR count). The average molecular weight is 232 g/mol. The van der Waals surface area contributed by atoms with Gasteiger partial charge in [0.05, 0.1) is 0 Å². The highest BCUT2D eigenvalue weighted by Gasteiger charge is 2.29. The molecule has 0 saturated carbocycles. The molecule has 0 amide bonds. The number of hydrogen-bond donors (Lipinski definition) is 2. The van der Waals surface area contributed by atoms with Crippen molar-refractivity contribution in [1.82, 2.24) is 9.44 Å². The quantitative estimate of drug-likeness (QED) is 0.680. The number of rotatable bonds is 5. The third-order valence-corrected chi connectivity index (χ3v) is 2.08. The number of nitrogens with one attached hydrogen (secondary N) is 2. The van der Waals surface area contributed by atoms with Gasteiger partial charge in [-0.15, -0.1) is 0 Å². The first-order valence-corrected chi connectivity index (χ1v) is 5.06. The summed E-state index contributed by atoms with van der Waals surface area (Å²) < 4.78 is 59.7. The lowest BCUT2D eigenvalue weighted by molar-refractivity contribution is -0.121. The molecule has 84 valence electrons. The Balaban J connectivity index is 4.03. The molecule has 0 aromatic heterocycles. The summed E-state index contributed by atoms with van der Waals surface area (Å²) in [6, 6.07) is 0. The molecule has 0 aromatic rings. The summed E-state index contributed by atoms with van der Waals surface area (Å²) in [4.78, 5) is 0. The summed E-state index contributed by atoms with van der Waals surface area (Å²) in [5, 5.41) is 0. The molecule has 0 radical (unpaired) electrons. The molecule has 0 aliphatic rings. The lowest BCUT2D eigenvalue weighted by Crippen LogP contribution is -2.41. The van der Waals surface area contributed by atoms with E-state index in [1.54, 1.807) is 6.92 Å². The van der Waals surface area contributed by atoms with Crippen LogP contribution in [0.4, 0.5) is 13.2 Å². The monoisotopic (exact) mass is 232 g/mol. The van der Waals surface area contributed by atoms with E-state index in [0.717, 1.165) is 0 Å². The summed E-state index contributed by atoms with van der Waals surface area (Å²) in [5.41, 5.74) is 0.502. The van der Waals surface area contributed by atoms with Gasteiger partial charge in [-0.1, -0.05) is 12.2 Å². The van der Waals surface area contributed by atoms with Crippen LogP contribution in [0.2, 0.25) is 0 Å². The van der Waals surface area contributed by atoms with Gasteiger partial charge in [-0.05, 0) is 6.92 Å². The van der Waals surface area contributed by atoms with E-state index >= 15 is 0 Å². The molecule has 4 nitrogen and oxygen atoms in total. The molecule has 2 N–H and O–H groups in total. The molecule has 0 fully saturated rings. The summed E-state index contributed by atoms with van der Waals surface area (Å²) in [5.74, 6) is 0. The van der Waals surface area contributed by atoms with Crippen molar-refractivity contribution in [2.24, 2.45) is 0 Å². The molecule has 0 spiro atoms. The van der Waals surface area contributed by atoms with Crippen molar-refractivity contribution in [3.8, 4) is 0 Å². The van der Waals surface area contributed by atoms with Gasteiger partial charge in [0.25, 0.3) is 10.2 Å². The Labute approximate surface area is 80.4 Å². The second kappa shape index (κ2) is 4.76. The third kappa shape index (κ3) is 8.02. The van der Waals surface area contributed by atoms with Crippen molar-refractivity contribution in [2.45, 2.75) is 13.1 Å². The van der Waals surface area contributed by atoms with Gasteiger partial charge in [-0.3, -0.25) is 0 Å². The third-order valence-electron chi connectivity index (χ3n) is 1.03. The summed E-state index contributed by atoms with van der Waals surface area (Å²) in [6.45, 7) is 3.26. The van der Waals surface area contributed by atoms with E-state index in [1.807, 2.05) is 4.72 Å². The molecule has 0 heterocycles. The van der Waals surface area contributed by atoms with Crippen LogP contribution in [0.5, 0.6) is 0 Å². The number of halogens is 3. The van der Waals surface area contributed by atoms with Gasteiger partial charge in [0, 0.05) is 6.54 Å². The van der Waals surface area contributed by atoms with Crippen molar-refractivity contribution in [2.75, 3.05) is 13.1 Å². The first kappa shape index (κ1) is 13.4. The van der Waals surface area contributed by atoms with Crippen LogP contribution in [0, 0.1) is 0 Å². The highest BCUT2D eigenvalue weighted by atomic mass is 32.2. The minimum Gasteiger partial charge on any atom is -0.198 e. The zero-order valence-corrected chi connectivity index (χ0v) is 8.30. The fourth-order valence-corrected chi connectivity index (χ4v) is 1.34. The molecule has 0 saturated heterocycles. The lowest BCUT2D eigenvalue weighted by Gasteiger charge is -2.09. The van der Waals surface area contributed by atoms with E-state index in [4.69, 9.17) is 0 Å². The van der Waals surface area contributed by atoms with Crippen molar-refractivity contribution in [3.05, 3.63) is 12.2 Å². The van der Waals surface area contributed by atoms with Gasteiger partial charge in [0.2, 0.25) is 0 Å². The SMILES string of the molecule is C=C(C)CNS(=O)(=O)NCC(F)(F)F. The van der Waals surface area contributed by atoms with Crippen molar-refractivity contribution >= 4 is 10.2 Å². The maximum absolute atomic E-state index is 11.6. The van der Waals surface area contributed by atoms with Crippen LogP contribution in [0.1, 0.15) is 6.92 Å². The molecule has 0 aliphatic heterocycles. The van der Waals surface area contributed by atoms with Gasteiger partial charge >= 0.3 is 6.18 Å². The predicted octanol–water partition coefficient (Wildman–Crippen LogP) is 0.549. The van der Waals surface area contributed by atoms with Gasteiger partial charge in [0.1, 0.15) is 6.54 Å². The van der Waals surface area contributed by atoms with E-state index in [1.165, 1.54) is 4.72 Å². The predicted molar refractivity (Wildman–Crippen MR) is 45.8 cm³/mol. The number of hydrogen-bond acceptors (Lipinski definition) is 2. The van der Waals surface area contributed by atoms with Gasteiger partial charge < -0.3 is 0 Å². The second-order valence-electron chi connectivity index (χ2n) is 2.72. The molecule has 8 heteroatoms. The van der Waals surface area contributed by atoms with E-state index in [9.17, 15) is 21.6 Å². The van der Waals surface area contributed by atoms with Crippen molar-refractivity contribution in [3.63, 3.8) is 0 Å². The Morgan fingerprint density at radius 2 is 1.86 bits per heavy atom. The van der Waals surface area contributed by atoms with Gasteiger partial charge in [-0.2, -0.15) is 31.0 Å². The maximum atomic E-state index is 11.6. The first-order chi connectivity index (χ1) is 6.12. The van der Waals surface area contributed by atoms with Crippen LogP contribution in [0.25, 0.3) is 0 Å². The van der Waals surface area contributed by atoms with E-state index in [2.05, 4.69) is 6.58 Å². The maximum Gasteiger partial charge on any atom is 0.402 e. The highest BCUT2D eigenvalue weighted by Crippen LogP contribution is 2.12. The fourth-order valence-electron chi connectivity index (χ4n) is 0.446.